The van der Waals surface area contributed by atoms with E-state index in [-0.39, 0.29) is 11.9 Å². The Morgan fingerprint density at radius 2 is 1.78 bits per heavy atom. The van der Waals surface area contributed by atoms with E-state index in [4.69, 9.17) is 4.74 Å². The van der Waals surface area contributed by atoms with E-state index in [0.717, 1.165) is 25.1 Å². The smallest absolute Gasteiger partial charge is 0.240 e. The zero-order chi connectivity index (χ0) is 19.6. The number of carbonyl (C=O) groups is 1. The summed E-state index contributed by atoms with van der Waals surface area (Å²) in [4.78, 5) is 17.4. The van der Waals surface area contributed by atoms with Gasteiger partial charge in [0.05, 0.1) is 13.2 Å². The van der Waals surface area contributed by atoms with Gasteiger partial charge in [0.1, 0.15) is 5.75 Å². The fourth-order valence-electron chi connectivity index (χ4n) is 4.18. The molecule has 3 atom stereocenters. The van der Waals surface area contributed by atoms with Crippen molar-refractivity contribution in [3.05, 3.63) is 42.0 Å². The van der Waals surface area contributed by atoms with Crippen molar-refractivity contribution in [3.63, 3.8) is 0 Å². The lowest BCUT2D eigenvalue weighted by Crippen LogP contribution is -2.54. The summed E-state index contributed by atoms with van der Waals surface area (Å²) in [7, 11) is 3.73. The average Bonchev–Trinajstić information content (AvgIpc) is 2.66. The number of amides is 1. The van der Waals surface area contributed by atoms with Crippen molar-refractivity contribution in [1.29, 1.82) is 0 Å². The monoisotopic (exact) mass is 368 g/mol. The number of nitrogens with zero attached hydrogens (tertiary/aromatic N) is 2. The molecule has 1 aliphatic heterocycles. The molecule has 0 bridgehead atoms. The van der Waals surface area contributed by atoms with Crippen LogP contribution >= 0.6 is 0 Å². The highest BCUT2D eigenvalue weighted by atomic mass is 16.5. The number of piperidine rings is 1. The van der Waals surface area contributed by atoms with Gasteiger partial charge in [0.25, 0.3) is 0 Å². The molecule has 4 nitrogen and oxygen atoms in total. The van der Waals surface area contributed by atoms with Gasteiger partial charge in [0.15, 0.2) is 0 Å². The Kier molecular flexibility index (Phi) is 6.05. The van der Waals surface area contributed by atoms with Crippen LogP contribution in [-0.4, -0.2) is 48.0 Å². The largest absolute Gasteiger partial charge is 0.497 e. The van der Waals surface area contributed by atoms with Gasteiger partial charge in [0.2, 0.25) is 5.91 Å². The first-order valence-corrected chi connectivity index (χ1v) is 9.99. The standard InChI is InChI=1S/C23H32N2O2/c1-16-7-6-8-17(2)25(16)23(26)18(3)24(4)15-19-9-10-21-14-22(27-5)12-11-20(21)13-19/h9-14,16-18H,6-8,15H2,1-5H3/t16-,17+,18-/m1/s1. The number of benzene rings is 2. The van der Waals surface area contributed by atoms with Crippen LogP contribution in [0.5, 0.6) is 5.75 Å². The first kappa shape index (κ1) is 19.7. The lowest BCUT2D eigenvalue weighted by Gasteiger charge is -2.41. The fraction of sp³-hybridized carbons (Fsp3) is 0.522. The Balaban J connectivity index is 1.71. The number of methoxy groups -OCH3 is 1. The van der Waals surface area contributed by atoms with Crippen molar-refractivity contribution in [1.82, 2.24) is 9.80 Å². The van der Waals surface area contributed by atoms with Crippen LogP contribution < -0.4 is 4.74 Å². The molecule has 0 N–H and O–H groups in total. The highest BCUT2D eigenvalue weighted by molar-refractivity contribution is 5.84. The van der Waals surface area contributed by atoms with Crippen molar-refractivity contribution in [3.8, 4) is 5.75 Å². The topological polar surface area (TPSA) is 32.8 Å². The van der Waals surface area contributed by atoms with Gasteiger partial charge in [-0.3, -0.25) is 9.69 Å². The van der Waals surface area contributed by atoms with Gasteiger partial charge >= 0.3 is 0 Å². The number of fused-ring (bicyclic) bond motifs is 1. The maximum absolute atomic E-state index is 13.1. The van der Waals surface area contributed by atoms with Gasteiger partial charge in [-0.25, -0.2) is 0 Å². The van der Waals surface area contributed by atoms with Crippen molar-refractivity contribution in [2.75, 3.05) is 14.2 Å². The second-order valence-electron chi connectivity index (χ2n) is 8.01. The molecule has 146 valence electrons. The third-order valence-corrected chi connectivity index (χ3v) is 6.01. The van der Waals surface area contributed by atoms with Crippen LogP contribution in [0, 0.1) is 0 Å². The Bertz CT molecular complexity index is 794. The molecule has 0 radical (unpaired) electrons. The van der Waals surface area contributed by atoms with E-state index >= 15 is 0 Å². The van der Waals surface area contributed by atoms with Crippen LogP contribution in [0.1, 0.15) is 45.6 Å². The summed E-state index contributed by atoms with van der Waals surface area (Å²) in [5.74, 6) is 1.12. The molecule has 4 heteroatoms. The van der Waals surface area contributed by atoms with Crippen molar-refractivity contribution in [2.24, 2.45) is 0 Å². The molecule has 1 fully saturated rings. The number of hydrogen-bond acceptors (Lipinski definition) is 3. The van der Waals surface area contributed by atoms with Gasteiger partial charge in [0, 0.05) is 18.6 Å². The Morgan fingerprint density at radius 3 is 2.44 bits per heavy atom. The minimum atomic E-state index is -0.125. The van der Waals surface area contributed by atoms with Gasteiger partial charge in [-0.1, -0.05) is 18.2 Å². The van der Waals surface area contributed by atoms with Crippen LogP contribution in [0.15, 0.2) is 36.4 Å². The molecule has 2 aromatic carbocycles. The van der Waals surface area contributed by atoms with Crippen molar-refractivity contribution < 1.29 is 9.53 Å². The highest BCUT2D eigenvalue weighted by Gasteiger charge is 2.32. The first-order valence-electron chi connectivity index (χ1n) is 9.99. The number of hydrogen-bond donors (Lipinski definition) is 0. The minimum absolute atomic E-state index is 0.125. The van der Waals surface area contributed by atoms with E-state index in [9.17, 15) is 4.79 Å². The minimum Gasteiger partial charge on any atom is -0.497 e. The third-order valence-electron chi connectivity index (χ3n) is 6.01. The predicted molar refractivity (Wildman–Crippen MR) is 111 cm³/mol. The number of rotatable bonds is 5. The maximum atomic E-state index is 13.1. The zero-order valence-electron chi connectivity index (χ0n) is 17.2. The van der Waals surface area contributed by atoms with Crippen LogP contribution in [0.4, 0.5) is 0 Å². The van der Waals surface area contributed by atoms with E-state index in [1.54, 1.807) is 7.11 Å². The summed E-state index contributed by atoms with van der Waals surface area (Å²) >= 11 is 0. The molecule has 0 unspecified atom stereocenters. The van der Waals surface area contributed by atoms with Crippen molar-refractivity contribution in [2.45, 2.75) is 64.7 Å². The number of ether oxygens (including phenoxy) is 1. The molecule has 1 aliphatic rings. The maximum Gasteiger partial charge on any atom is 0.240 e. The van der Waals surface area contributed by atoms with E-state index in [1.807, 2.05) is 26.1 Å². The van der Waals surface area contributed by atoms with Crippen LogP contribution in [0.3, 0.4) is 0 Å². The summed E-state index contributed by atoms with van der Waals surface area (Å²) in [6, 6.07) is 13.1. The van der Waals surface area contributed by atoms with Crippen molar-refractivity contribution >= 4 is 16.7 Å². The number of likely N-dealkylation sites (N-methyl/N-ethyl adjacent to an activating group) is 1. The molecule has 1 amide bonds. The molecule has 0 aromatic heterocycles. The first-order chi connectivity index (χ1) is 12.9. The molecule has 0 spiro atoms. The second-order valence-corrected chi connectivity index (χ2v) is 8.01. The normalized spacial score (nSPS) is 21.5. The summed E-state index contributed by atoms with van der Waals surface area (Å²) in [5.41, 5.74) is 1.22. The third kappa shape index (κ3) is 4.27. The Labute approximate surface area is 163 Å². The van der Waals surface area contributed by atoms with Crippen LogP contribution in [0.2, 0.25) is 0 Å². The molecule has 0 saturated carbocycles. The SMILES string of the molecule is COc1ccc2cc(CN(C)[C@H](C)C(=O)N3[C@H](C)CCC[C@@H]3C)ccc2c1. The average molecular weight is 369 g/mol. The van der Waals surface area contributed by atoms with Crippen LogP contribution in [0.25, 0.3) is 10.8 Å². The molecule has 0 aliphatic carbocycles. The second kappa shape index (κ2) is 8.30. The fourth-order valence-corrected chi connectivity index (χ4v) is 4.18. The summed E-state index contributed by atoms with van der Waals surface area (Å²) in [6.07, 6.45) is 3.44. The zero-order valence-corrected chi connectivity index (χ0v) is 17.2. The summed E-state index contributed by atoms with van der Waals surface area (Å²) in [6.45, 7) is 7.14. The molecular weight excluding hydrogens is 336 g/mol. The van der Waals surface area contributed by atoms with Gasteiger partial charge in [-0.05, 0) is 81.6 Å². The van der Waals surface area contributed by atoms with E-state index in [2.05, 4.69) is 47.9 Å². The molecule has 3 rings (SSSR count). The quantitative estimate of drug-likeness (QED) is 0.781. The summed E-state index contributed by atoms with van der Waals surface area (Å²) < 4.78 is 5.30. The van der Waals surface area contributed by atoms with Gasteiger partial charge < -0.3 is 9.64 Å². The highest BCUT2D eigenvalue weighted by Crippen LogP contribution is 2.25. The lowest BCUT2D eigenvalue weighted by atomic mass is 9.96. The number of carbonyl (C=O) groups excluding carboxylic acids is 1. The molecule has 27 heavy (non-hydrogen) atoms. The van der Waals surface area contributed by atoms with Crippen LogP contribution in [-0.2, 0) is 11.3 Å². The Hall–Kier alpha value is -2.07. The predicted octanol–water partition coefficient (Wildman–Crippen LogP) is 4.46. The molecule has 1 heterocycles. The summed E-state index contributed by atoms with van der Waals surface area (Å²) in [5, 5.41) is 2.36. The molecule has 1 saturated heterocycles. The molecule has 2 aromatic rings. The lowest BCUT2D eigenvalue weighted by molar-refractivity contribution is -0.142. The van der Waals surface area contributed by atoms with E-state index in [1.165, 1.54) is 22.8 Å². The molecular formula is C23H32N2O2. The number of likely N-dealkylation sites (tertiary alicyclic amines) is 1. The van der Waals surface area contributed by atoms with E-state index < -0.39 is 0 Å². The Morgan fingerprint density at radius 1 is 1.15 bits per heavy atom. The van der Waals surface area contributed by atoms with E-state index in [0.29, 0.717) is 12.1 Å². The van der Waals surface area contributed by atoms with Gasteiger partial charge in [-0.15, -0.1) is 0 Å². The van der Waals surface area contributed by atoms with Gasteiger partial charge in [-0.2, -0.15) is 0 Å².